The van der Waals surface area contributed by atoms with Crippen LogP contribution in [0.1, 0.15) is 5.69 Å². The van der Waals surface area contributed by atoms with Gasteiger partial charge in [0.1, 0.15) is 5.03 Å². The molecule has 1 aromatic carbocycles. The quantitative estimate of drug-likeness (QED) is 0.557. The number of hydrogen-bond donors (Lipinski definition) is 2. The first-order chi connectivity index (χ1) is 9.60. The number of aromatic amines is 1. The Labute approximate surface area is 119 Å². The average molecular weight is 284 g/mol. The molecule has 0 bridgehead atoms. The minimum absolute atomic E-state index is 0.159. The standard InChI is InChI=1S/C14H12N4OS/c1-8-6-12(19)18-14(16-8)20-13-5-2-9-7-10(15)3-4-11(9)17-13/h2-7H,15H2,1H3,(H,16,18,19). The molecule has 100 valence electrons. The van der Waals surface area contributed by atoms with E-state index in [1.165, 1.54) is 17.8 Å². The van der Waals surface area contributed by atoms with E-state index in [0.717, 1.165) is 15.9 Å². The van der Waals surface area contributed by atoms with E-state index in [4.69, 9.17) is 5.73 Å². The van der Waals surface area contributed by atoms with Gasteiger partial charge in [0.2, 0.25) is 0 Å². The molecule has 20 heavy (non-hydrogen) atoms. The summed E-state index contributed by atoms with van der Waals surface area (Å²) in [6.45, 7) is 1.79. The van der Waals surface area contributed by atoms with Gasteiger partial charge in [0, 0.05) is 22.8 Å². The molecular formula is C14H12N4OS. The first kappa shape index (κ1) is 12.7. The molecule has 0 aliphatic carbocycles. The van der Waals surface area contributed by atoms with E-state index in [1.807, 2.05) is 30.3 Å². The highest BCUT2D eigenvalue weighted by Gasteiger charge is 2.04. The molecule has 0 amide bonds. The van der Waals surface area contributed by atoms with E-state index in [0.29, 0.717) is 16.5 Å². The molecule has 0 aliphatic rings. The highest BCUT2D eigenvalue weighted by Crippen LogP contribution is 2.25. The van der Waals surface area contributed by atoms with Crippen LogP contribution in [-0.2, 0) is 0 Å². The fourth-order valence-corrected chi connectivity index (χ4v) is 2.70. The van der Waals surface area contributed by atoms with Gasteiger partial charge >= 0.3 is 0 Å². The lowest BCUT2D eigenvalue weighted by Crippen LogP contribution is -2.07. The molecule has 0 atom stereocenters. The second-order valence-electron chi connectivity index (χ2n) is 4.40. The second kappa shape index (κ2) is 4.97. The van der Waals surface area contributed by atoms with Crippen molar-refractivity contribution in [2.24, 2.45) is 0 Å². The summed E-state index contributed by atoms with van der Waals surface area (Å²) in [5, 5.41) is 2.30. The third kappa shape index (κ3) is 2.65. The Morgan fingerprint density at radius 3 is 2.80 bits per heavy atom. The number of pyridine rings is 1. The predicted octanol–water partition coefficient (Wildman–Crippen LogP) is 2.36. The van der Waals surface area contributed by atoms with Crippen LogP contribution in [-0.4, -0.2) is 15.0 Å². The van der Waals surface area contributed by atoms with Crippen LogP contribution >= 0.6 is 11.8 Å². The minimum atomic E-state index is -0.159. The van der Waals surface area contributed by atoms with Crippen molar-refractivity contribution in [3.05, 3.63) is 52.4 Å². The first-order valence-corrected chi connectivity index (χ1v) is 6.84. The molecule has 5 nitrogen and oxygen atoms in total. The number of nitrogens with two attached hydrogens (primary N) is 1. The first-order valence-electron chi connectivity index (χ1n) is 6.02. The normalized spacial score (nSPS) is 10.8. The van der Waals surface area contributed by atoms with Gasteiger partial charge in [-0.1, -0.05) is 6.07 Å². The van der Waals surface area contributed by atoms with Crippen LogP contribution in [0.4, 0.5) is 5.69 Å². The van der Waals surface area contributed by atoms with Crippen molar-refractivity contribution < 1.29 is 0 Å². The van der Waals surface area contributed by atoms with Crippen LogP contribution in [0.25, 0.3) is 10.9 Å². The lowest BCUT2D eigenvalue weighted by atomic mass is 10.2. The van der Waals surface area contributed by atoms with Gasteiger partial charge in [-0.2, -0.15) is 0 Å². The molecule has 2 aromatic heterocycles. The molecule has 2 heterocycles. The van der Waals surface area contributed by atoms with E-state index >= 15 is 0 Å². The van der Waals surface area contributed by atoms with E-state index in [9.17, 15) is 4.79 Å². The van der Waals surface area contributed by atoms with Crippen molar-refractivity contribution in [2.75, 3.05) is 5.73 Å². The summed E-state index contributed by atoms with van der Waals surface area (Å²) in [6, 6.07) is 10.9. The average Bonchev–Trinajstić information content (AvgIpc) is 2.38. The SMILES string of the molecule is Cc1cc(=O)[nH]c(Sc2ccc3cc(N)ccc3n2)n1. The van der Waals surface area contributed by atoms with Crippen LogP contribution in [0.15, 0.2) is 51.4 Å². The Hall–Kier alpha value is -2.34. The summed E-state index contributed by atoms with van der Waals surface area (Å²) in [5.74, 6) is 0. The van der Waals surface area contributed by atoms with Gasteiger partial charge in [-0.25, -0.2) is 9.97 Å². The highest BCUT2D eigenvalue weighted by atomic mass is 32.2. The lowest BCUT2D eigenvalue weighted by Gasteiger charge is -2.03. The van der Waals surface area contributed by atoms with Crippen LogP contribution < -0.4 is 11.3 Å². The Kier molecular flexibility index (Phi) is 3.15. The van der Waals surface area contributed by atoms with Crippen LogP contribution in [0.3, 0.4) is 0 Å². The van der Waals surface area contributed by atoms with Crippen molar-refractivity contribution in [3.63, 3.8) is 0 Å². The highest BCUT2D eigenvalue weighted by molar-refractivity contribution is 7.99. The molecule has 0 saturated heterocycles. The van der Waals surface area contributed by atoms with Crippen molar-refractivity contribution in [1.82, 2.24) is 15.0 Å². The fraction of sp³-hybridized carbons (Fsp3) is 0.0714. The maximum absolute atomic E-state index is 11.4. The van der Waals surface area contributed by atoms with Crippen molar-refractivity contribution in [1.29, 1.82) is 0 Å². The molecule has 3 N–H and O–H groups in total. The van der Waals surface area contributed by atoms with E-state index in [-0.39, 0.29) is 5.56 Å². The van der Waals surface area contributed by atoms with Crippen molar-refractivity contribution in [2.45, 2.75) is 17.1 Å². The summed E-state index contributed by atoms with van der Waals surface area (Å²) in [7, 11) is 0. The van der Waals surface area contributed by atoms with E-state index in [1.54, 1.807) is 6.92 Å². The molecule has 0 unspecified atom stereocenters. The van der Waals surface area contributed by atoms with Gasteiger partial charge in [-0.05, 0) is 43.0 Å². The monoisotopic (exact) mass is 284 g/mol. The number of aromatic nitrogens is 3. The third-order valence-electron chi connectivity index (χ3n) is 2.74. The van der Waals surface area contributed by atoms with Gasteiger partial charge in [0.05, 0.1) is 5.52 Å². The molecule has 0 fully saturated rings. The Bertz CT molecular complexity index is 844. The summed E-state index contributed by atoms with van der Waals surface area (Å²) in [6.07, 6.45) is 0. The number of rotatable bonds is 2. The largest absolute Gasteiger partial charge is 0.399 e. The number of fused-ring (bicyclic) bond motifs is 1. The number of aryl methyl sites for hydroxylation is 1. The number of hydrogen-bond acceptors (Lipinski definition) is 5. The van der Waals surface area contributed by atoms with Crippen LogP contribution in [0, 0.1) is 6.92 Å². The maximum atomic E-state index is 11.4. The molecule has 0 spiro atoms. The zero-order valence-electron chi connectivity index (χ0n) is 10.8. The van der Waals surface area contributed by atoms with Gasteiger partial charge in [0.25, 0.3) is 5.56 Å². The molecule has 0 saturated carbocycles. The van der Waals surface area contributed by atoms with Gasteiger partial charge in [0.15, 0.2) is 5.16 Å². The minimum Gasteiger partial charge on any atom is -0.399 e. The number of H-pyrrole nitrogens is 1. The number of benzene rings is 1. The smallest absolute Gasteiger partial charge is 0.251 e. The second-order valence-corrected chi connectivity index (χ2v) is 5.40. The van der Waals surface area contributed by atoms with Crippen LogP contribution in [0.5, 0.6) is 0 Å². The zero-order chi connectivity index (χ0) is 14.1. The molecule has 3 rings (SSSR count). The topological polar surface area (TPSA) is 84.7 Å². The van der Waals surface area contributed by atoms with Gasteiger partial charge < -0.3 is 10.7 Å². The molecule has 6 heteroatoms. The van der Waals surface area contributed by atoms with Gasteiger partial charge in [-0.3, -0.25) is 4.79 Å². The van der Waals surface area contributed by atoms with E-state index < -0.39 is 0 Å². The van der Waals surface area contributed by atoms with Gasteiger partial charge in [-0.15, -0.1) is 0 Å². The summed E-state index contributed by atoms with van der Waals surface area (Å²) in [5.41, 5.74) is 7.84. The molecular weight excluding hydrogens is 272 g/mol. The van der Waals surface area contributed by atoms with E-state index in [2.05, 4.69) is 15.0 Å². The Morgan fingerprint density at radius 1 is 1.15 bits per heavy atom. The zero-order valence-corrected chi connectivity index (χ0v) is 11.6. The molecule has 0 aliphatic heterocycles. The van der Waals surface area contributed by atoms with Crippen molar-refractivity contribution >= 4 is 28.4 Å². The number of nitrogen functional groups attached to an aromatic ring is 1. The third-order valence-corrected chi connectivity index (χ3v) is 3.56. The molecule has 0 radical (unpaired) electrons. The Balaban J connectivity index is 1.98. The van der Waals surface area contributed by atoms with Crippen molar-refractivity contribution in [3.8, 4) is 0 Å². The Morgan fingerprint density at radius 2 is 2.00 bits per heavy atom. The molecule has 3 aromatic rings. The summed E-state index contributed by atoms with van der Waals surface area (Å²) in [4.78, 5) is 22.9. The number of anilines is 1. The number of nitrogens with zero attached hydrogens (tertiary/aromatic N) is 2. The number of nitrogens with one attached hydrogen (secondary N) is 1. The maximum Gasteiger partial charge on any atom is 0.251 e. The summed E-state index contributed by atoms with van der Waals surface area (Å²) < 4.78 is 0. The summed E-state index contributed by atoms with van der Waals surface area (Å²) >= 11 is 1.33. The predicted molar refractivity (Wildman–Crippen MR) is 79.9 cm³/mol. The fourth-order valence-electron chi connectivity index (χ4n) is 1.88. The van der Waals surface area contributed by atoms with Crippen LogP contribution in [0.2, 0.25) is 0 Å². The lowest BCUT2D eigenvalue weighted by molar-refractivity contribution is 0.903.